The Labute approximate surface area is 152 Å². The van der Waals surface area contributed by atoms with Crippen molar-refractivity contribution < 1.29 is 14.7 Å². The van der Waals surface area contributed by atoms with Crippen molar-refractivity contribution in [2.45, 2.75) is 43.6 Å². The predicted molar refractivity (Wildman–Crippen MR) is 94.2 cm³/mol. The Kier molecular flexibility index (Phi) is 4.04. The third-order valence-corrected chi connectivity index (χ3v) is 6.42. The average molecular weight is 363 g/mol. The van der Waals surface area contributed by atoms with Crippen molar-refractivity contribution in [2.24, 2.45) is 5.41 Å². The standard InChI is InChI=1S/C19H23ClN2O3/c20-14-4-2-13(3-5-14)18(8-9-18)17(25)22-11-6-15(23)19(12-22)7-1-10-21-16(19)24/h2-5,15,23H,1,6-12H2,(H,21,24)/t15-,19+/m0/s1. The fourth-order valence-corrected chi connectivity index (χ4v) is 4.57. The van der Waals surface area contributed by atoms with Crippen LogP contribution in [0.3, 0.4) is 0 Å². The summed E-state index contributed by atoms with van der Waals surface area (Å²) < 4.78 is 0. The number of piperidine rings is 2. The maximum Gasteiger partial charge on any atom is 0.233 e. The average Bonchev–Trinajstić information content (AvgIpc) is 3.41. The SMILES string of the molecule is O=C(N1CC[C@H](O)[C@@]2(CCCNC2=O)C1)C1(c2ccc(Cl)cc2)CC1. The molecule has 3 fully saturated rings. The molecule has 6 heteroatoms. The van der Waals surface area contributed by atoms with E-state index in [1.165, 1.54) is 0 Å². The number of halogens is 1. The highest BCUT2D eigenvalue weighted by atomic mass is 35.5. The van der Waals surface area contributed by atoms with Crippen molar-refractivity contribution in [1.82, 2.24) is 10.2 Å². The van der Waals surface area contributed by atoms with Gasteiger partial charge in [-0.1, -0.05) is 23.7 Å². The Morgan fingerprint density at radius 2 is 1.96 bits per heavy atom. The number of carbonyl (C=O) groups is 2. The monoisotopic (exact) mass is 362 g/mol. The first-order chi connectivity index (χ1) is 12.0. The number of nitrogens with zero attached hydrogens (tertiary/aromatic N) is 1. The van der Waals surface area contributed by atoms with Crippen LogP contribution in [0.1, 0.15) is 37.7 Å². The molecule has 2 amide bonds. The number of aliphatic hydroxyl groups is 1. The normalized spacial score (nSPS) is 30.9. The van der Waals surface area contributed by atoms with Crippen LogP contribution >= 0.6 is 11.6 Å². The number of carbonyl (C=O) groups excluding carboxylic acids is 2. The van der Waals surface area contributed by atoms with Crippen molar-refractivity contribution in [3.05, 3.63) is 34.9 Å². The quantitative estimate of drug-likeness (QED) is 0.843. The molecule has 0 aromatic heterocycles. The number of rotatable bonds is 2. The molecule has 2 aliphatic heterocycles. The molecule has 2 atom stereocenters. The lowest BCUT2D eigenvalue weighted by molar-refractivity contribution is -0.155. The Balaban J connectivity index is 1.58. The van der Waals surface area contributed by atoms with Crippen LogP contribution in [-0.2, 0) is 15.0 Å². The van der Waals surface area contributed by atoms with E-state index in [2.05, 4.69) is 5.32 Å². The number of hydrogen-bond donors (Lipinski definition) is 2. The predicted octanol–water partition coefficient (Wildman–Crippen LogP) is 1.86. The van der Waals surface area contributed by atoms with Gasteiger partial charge in [0.25, 0.3) is 0 Å². The van der Waals surface area contributed by atoms with Gasteiger partial charge in [-0.15, -0.1) is 0 Å². The zero-order valence-corrected chi connectivity index (χ0v) is 14.9. The molecule has 1 aromatic rings. The van der Waals surface area contributed by atoms with Gasteiger partial charge in [0.15, 0.2) is 0 Å². The molecule has 5 nitrogen and oxygen atoms in total. The number of hydrogen-bond acceptors (Lipinski definition) is 3. The zero-order chi connectivity index (χ0) is 17.7. The fourth-order valence-electron chi connectivity index (χ4n) is 4.44. The second kappa shape index (κ2) is 5.99. The van der Waals surface area contributed by atoms with Crippen molar-refractivity contribution in [1.29, 1.82) is 0 Å². The summed E-state index contributed by atoms with van der Waals surface area (Å²) in [7, 11) is 0. The van der Waals surface area contributed by atoms with E-state index in [1.807, 2.05) is 24.3 Å². The highest BCUT2D eigenvalue weighted by Gasteiger charge is 2.57. The van der Waals surface area contributed by atoms with E-state index >= 15 is 0 Å². The zero-order valence-electron chi connectivity index (χ0n) is 14.1. The van der Waals surface area contributed by atoms with Gasteiger partial charge in [0.1, 0.15) is 0 Å². The third kappa shape index (κ3) is 2.64. The van der Waals surface area contributed by atoms with Crippen molar-refractivity contribution in [2.75, 3.05) is 19.6 Å². The minimum absolute atomic E-state index is 0.0828. The van der Waals surface area contributed by atoms with E-state index in [9.17, 15) is 14.7 Å². The molecule has 3 aliphatic rings. The molecule has 1 aromatic carbocycles. The van der Waals surface area contributed by atoms with Gasteiger partial charge >= 0.3 is 0 Å². The molecule has 1 saturated carbocycles. The van der Waals surface area contributed by atoms with Crippen molar-refractivity contribution >= 4 is 23.4 Å². The largest absolute Gasteiger partial charge is 0.392 e. The molecule has 0 radical (unpaired) electrons. The first-order valence-corrected chi connectivity index (χ1v) is 9.38. The lowest BCUT2D eigenvalue weighted by Crippen LogP contribution is -2.63. The number of aliphatic hydroxyl groups excluding tert-OH is 1. The molecule has 2 saturated heterocycles. The van der Waals surface area contributed by atoms with Gasteiger partial charge in [-0.2, -0.15) is 0 Å². The second-order valence-corrected chi connectivity index (χ2v) is 8.07. The topological polar surface area (TPSA) is 69.6 Å². The highest BCUT2D eigenvalue weighted by molar-refractivity contribution is 6.30. The molecule has 2 N–H and O–H groups in total. The van der Waals surface area contributed by atoms with E-state index in [1.54, 1.807) is 4.90 Å². The molecule has 2 heterocycles. The first-order valence-electron chi connectivity index (χ1n) is 9.00. The minimum Gasteiger partial charge on any atom is -0.392 e. The summed E-state index contributed by atoms with van der Waals surface area (Å²) in [5.74, 6) is -0.0282. The molecule has 0 bridgehead atoms. The van der Waals surface area contributed by atoms with Gasteiger partial charge in [-0.25, -0.2) is 0 Å². The Morgan fingerprint density at radius 3 is 2.60 bits per heavy atom. The van der Waals surface area contributed by atoms with Crippen LogP contribution in [0.4, 0.5) is 0 Å². The lowest BCUT2D eigenvalue weighted by Gasteiger charge is -2.47. The number of nitrogens with one attached hydrogen (secondary N) is 1. The van der Waals surface area contributed by atoms with Gasteiger partial charge in [0.05, 0.1) is 16.9 Å². The van der Waals surface area contributed by atoms with Crippen LogP contribution < -0.4 is 5.32 Å². The maximum absolute atomic E-state index is 13.3. The van der Waals surface area contributed by atoms with E-state index in [0.29, 0.717) is 37.5 Å². The van der Waals surface area contributed by atoms with Crippen LogP contribution in [0.5, 0.6) is 0 Å². The van der Waals surface area contributed by atoms with Crippen molar-refractivity contribution in [3.63, 3.8) is 0 Å². The van der Waals surface area contributed by atoms with Crippen LogP contribution in [-0.4, -0.2) is 47.6 Å². The summed E-state index contributed by atoms with van der Waals surface area (Å²) in [4.78, 5) is 27.6. The summed E-state index contributed by atoms with van der Waals surface area (Å²) in [5, 5.41) is 14.0. The Bertz CT molecular complexity index is 701. The highest BCUT2D eigenvalue weighted by Crippen LogP contribution is 2.51. The molecular formula is C19H23ClN2O3. The number of amides is 2. The molecule has 1 spiro atoms. The summed E-state index contributed by atoms with van der Waals surface area (Å²) >= 11 is 5.97. The molecule has 25 heavy (non-hydrogen) atoms. The molecular weight excluding hydrogens is 340 g/mol. The van der Waals surface area contributed by atoms with Crippen LogP contribution in [0, 0.1) is 5.41 Å². The maximum atomic E-state index is 13.3. The van der Waals surface area contributed by atoms with Gasteiger partial charge in [-0.05, 0) is 49.8 Å². The minimum atomic E-state index is -0.845. The van der Waals surface area contributed by atoms with Crippen molar-refractivity contribution in [3.8, 4) is 0 Å². The second-order valence-electron chi connectivity index (χ2n) is 7.64. The third-order valence-electron chi connectivity index (χ3n) is 6.16. The fraction of sp³-hybridized carbons (Fsp3) is 0.579. The van der Waals surface area contributed by atoms with Gasteiger partial charge in [0, 0.05) is 24.7 Å². The Morgan fingerprint density at radius 1 is 1.24 bits per heavy atom. The lowest BCUT2D eigenvalue weighted by atomic mass is 9.71. The number of likely N-dealkylation sites (tertiary alicyclic amines) is 1. The summed E-state index contributed by atoms with van der Waals surface area (Å²) in [6.07, 6.45) is 2.90. The van der Waals surface area contributed by atoms with E-state index < -0.39 is 16.9 Å². The Hall–Kier alpha value is -1.59. The van der Waals surface area contributed by atoms with E-state index in [-0.39, 0.29) is 11.8 Å². The first kappa shape index (κ1) is 16.9. The molecule has 134 valence electrons. The summed E-state index contributed by atoms with van der Waals surface area (Å²) in [6.45, 7) is 1.47. The number of benzene rings is 1. The molecule has 1 aliphatic carbocycles. The van der Waals surface area contributed by atoms with Crippen LogP contribution in [0.15, 0.2) is 24.3 Å². The summed E-state index contributed by atoms with van der Waals surface area (Å²) in [5.41, 5.74) is -0.322. The van der Waals surface area contributed by atoms with Crippen LogP contribution in [0.25, 0.3) is 0 Å². The molecule has 0 unspecified atom stereocenters. The van der Waals surface area contributed by atoms with E-state index in [0.717, 1.165) is 24.8 Å². The summed E-state index contributed by atoms with van der Waals surface area (Å²) in [6, 6.07) is 7.49. The van der Waals surface area contributed by atoms with E-state index in [4.69, 9.17) is 11.6 Å². The van der Waals surface area contributed by atoms with Gasteiger partial charge in [-0.3, -0.25) is 9.59 Å². The van der Waals surface area contributed by atoms with Gasteiger partial charge in [0.2, 0.25) is 11.8 Å². The van der Waals surface area contributed by atoms with Crippen LogP contribution in [0.2, 0.25) is 5.02 Å². The van der Waals surface area contributed by atoms with Gasteiger partial charge < -0.3 is 15.3 Å². The smallest absolute Gasteiger partial charge is 0.233 e. The molecule has 4 rings (SSSR count).